The number of ether oxygens (including phenoxy) is 3. The van der Waals surface area contributed by atoms with Gasteiger partial charge in [0.2, 0.25) is 5.82 Å². The van der Waals surface area contributed by atoms with E-state index in [4.69, 9.17) is 34.5 Å². The Kier molecular flexibility index (Phi) is 20.7. The van der Waals surface area contributed by atoms with E-state index in [1.807, 2.05) is 69.3 Å². The number of benzene rings is 5. The van der Waals surface area contributed by atoms with E-state index in [-0.39, 0.29) is 33.5 Å². The van der Waals surface area contributed by atoms with E-state index in [0.29, 0.717) is 78.3 Å². The van der Waals surface area contributed by atoms with Crippen LogP contribution in [0.2, 0.25) is 0 Å². The molecule has 5 aromatic carbocycles. The van der Waals surface area contributed by atoms with Crippen molar-refractivity contribution >= 4 is 46.0 Å². The molecule has 2 N–H and O–H groups in total. The predicted molar refractivity (Wildman–Crippen MR) is 343 cm³/mol. The fraction of sp³-hybridized carbons (Fsp3) is 0.486. The van der Waals surface area contributed by atoms with Crippen LogP contribution < -0.4 is 25.0 Å². The second-order valence-corrected chi connectivity index (χ2v) is 24.7. The highest BCUT2D eigenvalue weighted by Crippen LogP contribution is 2.42. The third kappa shape index (κ3) is 14.6. The highest BCUT2D eigenvalue weighted by molar-refractivity contribution is 6.49. The molecule has 83 heavy (non-hydrogen) atoms. The van der Waals surface area contributed by atoms with Crippen LogP contribution in [0.25, 0.3) is 11.4 Å². The van der Waals surface area contributed by atoms with Gasteiger partial charge < -0.3 is 29.7 Å². The molecule has 0 fully saturated rings. The number of aliphatic imine (C=N–C) groups is 1. The van der Waals surface area contributed by atoms with Crippen molar-refractivity contribution in [3.8, 4) is 22.9 Å². The molecule has 1 aromatic heterocycles. The first-order chi connectivity index (χ1) is 39.5. The molecule has 2 amide bonds. The average molecular weight is 1130 g/mol. The van der Waals surface area contributed by atoms with Gasteiger partial charge in [-0.3, -0.25) is 9.59 Å². The fourth-order valence-corrected chi connectivity index (χ4v) is 10.2. The Morgan fingerprint density at radius 2 is 1.08 bits per heavy atom. The summed E-state index contributed by atoms with van der Waals surface area (Å²) in [4.78, 5) is 37.0. The maximum atomic E-state index is 14.7. The van der Waals surface area contributed by atoms with Gasteiger partial charge >= 0.3 is 0 Å². The quantitative estimate of drug-likeness (QED) is 0.0494. The summed E-state index contributed by atoms with van der Waals surface area (Å²) < 4.78 is 21.5. The smallest absolute Gasteiger partial charge is 0.265 e. The number of hydrogen-bond acceptors (Lipinski definition) is 10. The second kappa shape index (κ2) is 27.1. The molecule has 6 aromatic rings. The summed E-state index contributed by atoms with van der Waals surface area (Å²) in [7, 11) is 0. The van der Waals surface area contributed by atoms with Crippen LogP contribution in [0.3, 0.4) is 0 Å². The van der Waals surface area contributed by atoms with Gasteiger partial charge in [-0.25, -0.2) is 4.99 Å². The number of amides is 2. The second-order valence-electron chi connectivity index (χ2n) is 24.7. The van der Waals surface area contributed by atoms with Gasteiger partial charge in [-0.2, -0.15) is 9.78 Å². The average Bonchev–Trinajstić information content (AvgIpc) is 4.13. The van der Waals surface area contributed by atoms with Crippen LogP contribution in [0.15, 0.2) is 113 Å². The van der Waals surface area contributed by atoms with Crippen LogP contribution in [0.4, 0.5) is 22.7 Å². The summed E-state index contributed by atoms with van der Waals surface area (Å²) in [5, 5.41) is 21.0. The van der Waals surface area contributed by atoms with Gasteiger partial charge in [0.1, 0.15) is 17.2 Å². The zero-order chi connectivity index (χ0) is 60.4. The number of nitrogens with zero attached hydrogens (tertiary/aromatic N) is 6. The molecule has 7 rings (SSSR count). The van der Waals surface area contributed by atoms with E-state index in [1.54, 1.807) is 10.7 Å². The lowest BCUT2D eigenvalue weighted by Gasteiger charge is -2.31. The Morgan fingerprint density at radius 1 is 0.578 bits per heavy atom. The minimum atomic E-state index is -0.843. The molecule has 0 saturated carbocycles. The molecule has 13 nitrogen and oxygen atoms in total. The van der Waals surface area contributed by atoms with Crippen molar-refractivity contribution < 1.29 is 23.8 Å². The fourth-order valence-electron chi connectivity index (χ4n) is 10.2. The largest absolute Gasteiger partial charge is 0.480 e. The van der Waals surface area contributed by atoms with E-state index in [2.05, 4.69) is 161 Å². The summed E-state index contributed by atoms with van der Waals surface area (Å²) in [5.41, 5.74) is 10.7. The maximum Gasteiger partial charge on any atom is 0.265 e. The summed E-state index contributed by atoms with van der Waals surface area (Å²) in [6, 6.07) is 34.7. The van der Waals surface area contributed by atoms with Gasteiger partial charge in [-0.05, 0) is 146 Å². The molecule has 1 aliphatic heterocycles. The highest BCUT2D eigenvalue weighted by atomic mass is 16.5. The van der Waals surface area contributed by atoms with Crippen molar-refractivity contribution in [1.82, 2.24) is 14.9 Å². The number of fused-ring (bicyclic) bond motifs is 1. The van der Waals surface area contributed by atoms with Crippen molar-refractivity contribution in [2.75, 3.05) is 28.6 Å². The predicted octanol–water partition coefficient (Wildman–Crippen LogP) is 16.6. The van der Waals surface area contributed by atoms with Gasteiger partial charge in [-0.1, -0.05) is 158 Å². The van der Waals surface area contributed by atoms with E-state index in [1.165, 1.54) is 11.1 Å². The van der Waals surface area contributed by atoms with Crippen LogP contribution in [0.5, 0.6) is 11.5 Å². The molecular weight excluding hydrogens is 1030 g/mol. The number of hydrogen-bond donors (Lipinski definition) is 2. The van der Waals surface area contributed by atoms with Gasteiger partial charge in [0, 0.05) is 52.4 Å². The summed E-state index contributed by atoms with van der Waals surface area (Å²) in [5.74, 6) is 1.57. The number of carbonyl (C=O) groups excluding carboxylic acids is 2. The molecular formula is C70H94N8O5. The lowest BCUT2D eigenvalue weighted by atomic mass is 9.76. The lowest BCUT2D eigenvalue weighted by molar-refractivity contribution is -0.123. The first-order valence-electron chi connectivity index (χ1n) is 30.5. The van der Waals surface area contributed by atoms with E-state index < -0.39 is 12.2 Å². The summed E-state index contributed by atoms with van der Waals surface area (Å²) in [6.45, 7) is 39.4. The SMILES string of the molecule is CCC1=Nn2c(nnc2-c2cc(NC(=O)C(CC)Oc3ccc(C(C)(C)CC)cc3C(C)(C)CC)cc(NC(=O)C(CC)Oc3ccc(C(C)(C)CC)cc3C(C)(C)CC)c2)C1=Nc1ccc(N(CC)CC)cc1COCc1ccccc1. The van der Waals surface area contributed by atoms with E-state index in [9.17, 15) is 9.59 Å². The monoisotopic (exact) mass is 1130 g/mol. The molecule has 2 unspecified atom stereocenters. The summed E-state index contributed by atoms with van der Waals surface area (Å²) >= 11 is 0. The van der Waals surface area contributed by atoms with Gasteiger partial charge in [0.05, 0.1) is 24.6 Å². The Balaban J connectivity index is 1.28. The van der Waals surface area contributed by atoms with Crippen LogP contribution in [0.1, 0.15) is 202 Å². The third-order valence-electron chi connectivity index (χ3n) is 17.6. The van der Waals surface area contributed by atoms with E-state index in [0.717, 1.165) is 78.1 Å². The molecule has 0 spiro atoms. The molecule has 1 aliphatic rings. The van der Waals surface area contributed by atoms with Gasteiger partial charge in [-0.15, -0.1) is 10.2 Å². The van der Waals surface area contributed by atoms with E-state index >= 15 is 0 Å². The Bertz CT molecular complexity index is 3150. The molecule has 2 atom stereocenters. The van der Waals surface area contributed by atoms with Crippen LogP contribution in [-0.4, -0.2) is 63.4 Å². The van der Waals surface area contributed by atoms with Gasteiger partial charge in [0.25, 0.3) is 11.8 Å². The normalized spacial score (nSPS) is 14.0. The third-order valence-corrected chi connectivity index (χ3v) is 17.6. The van der Waals surface area contributed by atoms with Crippen molar-refractivity contribution in [2.45, 2.75) is 210 Å². The number of aromatic nitrogens is 3. The standard InChI is InChI=1S/C70H94N8O5/c1-18-56-62(73-57-35-34-53(77(25-8)26-9)40-48(57)45-81-44-46-30-28-27-29-31-46)64-75-74-63(78(64)76-56)47-38-51(71-65(79)58(19-2)82-60-36-32-49(67(10,11)21-4)41-54(60)69(14,15)23-6)43-52(39-47)72-66(80)59(20-3)83-61-37-33-50(68(12,13)22-5)42-55(61)70(16,17)24-7/h27-43,58-59H,18-26,44-45H2,1-17H3,(H,71,79)(H,72,80). The Hall–Kier alpha value is -7.12. The first-order valence-corrected chi connectivity index (χ1v) is 30.5. The molecule has 2 heterocycles. The van der Waals surface area contributed by atoms with Crippen LogP contribution in [-0.2, 0) is 49.2 Å². The molecule has 0 aliphatic carbocycles. The molecule has 0 bridgehead atoms. The molecule has 0 saturated heterocycles. The minimum absolute atomic E-state index is 0.0340. The Morgan fingerprint density at radius 3 is 1.55 bits per heavy atom. The zero-order valence-corrected chi connectivity index (χ0v) is 53.0. The number of rotatable bonds is 28. The van der Waals surface area contributed by atoms with Crippen molar-refractivity contribution in [3.63, 3.8) is 0 Å². The number of carbonyl (C=O) groups is 2. The highest BCUT2D eigenvalue weighted by Gasteiger charge is 2.33. The van der Waals surface area contributed by atoms with Crippen LogP contribution >= 0.6 is 0 Å². The molecule has 0 radical (unpaired) electrons. The first kappa shape index (κ1) is 63.5. The van der Waals surface area contributed by atoms with Gasteiger partial charge in [0.15, 0.2) is 18.0 Å². The molecule has 13 heteroatoms. The zero-order valence-electron chi connectivity index (χ0n) is 53.0. The van der Waals surface area contributed by atoms with Crippen LogP contribution in [0, 0.1) is 0 Å². The molecule has 444 valence electrons. The summed E-state index contributed by atoms with van der Waals surface area (Å²) in [6.07, 6.45) is 3.41. The van der Waals surface area contributed by atoms with Crippen molar-refractivity contribution in [2.24, 2.45) is 10.1 Å². The number of nitrogens with one attached hydrogen (secondary N) is 2. The van der Waals surface area contributed by atoms with Crippen molar-refractivity contribution in [1.29, 1.82) is 0 Å². The Labute approximate surface area is 496 Å². The van der Waals surface area contributed by atoms with Crippen molar-refractivity contribution in [3.05, 3.63) is 142 Å². The lowest BCUT2D eigenvalue weighted by Crippen LogP contribution is -2.34. The minimum Gasteiger partial charge on any atom is -0.480 e. The number of anilines is 3. The topological polar surface area (TPSA) is 145 Å². The maximum absolute atomic E-state index is 14.7.